The van der Waals surface area contributed by atoms with Gasteiger partial charge in [-0.3, -0.25) is 0 Å². The molecule has 0 unspecified atom stereocenters. The van der Waals surface area contributed by atoms with Crippen LogP contribution in [0.15, 0.2) is 36.4 Å². The van der Waals surface area contributed by atoms with Gasteiger partial charge in [0.05, 0.1) is 12.6 Å². The van der Waals surface area contributed by atoms with Crippen molar-refractivity contribution in [1.29, 1.82) is 0 Å². The van der Waals surface area contributed by atoms with Crippen LogP contribution in [0.5, 0.6) is 11.5 Å². The molecule has 1 aliphatic heterocycles. The van der Waals surface area contributed by atoms with Gasteiger partial charge in [0.2, 0.25) is 0 Å². The lowest BCUT2D eigenvalue weighted by molar-refractivity contribution is 0.317. The van der Waals surface area contributed by atoms with Crippen LogP contribution >= 0.6 is 11.6 Å². The topological polar surface area (TPSA) is 57.3 Å². The third-order valence-electron chi connectivity index (χ3n) is 4.53. The number of aromatic amines is 1. The Morgan fingerprint density at radius 1 is 1.25 bits per heavy atom. The Labute approximate surface area is 145 Å². The van der Waals surface area contributed by atoms with E-state index in [1.165, 1.54) is 10.9 Å². The summed E-state index contributed by atoms with van der Waals surface area (Å²) < 4.78 is 5.53. The highest BCUT2D eigenvalue weighted by Gasteiger charge is 2.26. The first kappa shape index (κ1) is 15.4. The number of aromatic nitrogens is 1. The highest BCUT2D eigenvalue weighted by Crippen LogP contribution is 2.37. The van der Waals surface area contributed by atoms with Gasteiger partial charge in [-0.25, -0.2) is 0 Å². The Morgan fingerprint density at radius 2 is 2.12 bits per heavy atom. The van der Waals surface area contributed by atoms with E-state index in [1.807, 2.05) is 37.3 Å². The van der Waals surface area contributed by atoms with Gasteiger partial charge in [-0.1, -0.05) is 17.7 Å². The molecule has 124 valence electrons. The monoisotopic (exact) mass is 342 g/mol. The molecule has 1 atom stereocenters. The minimum Gasteiger partial charge on any atom is -0.504 e. The Balaban J connectivity index is 1.82. The molecule has 1 aromatic heterocycles. The number of H-pyrrole nitrogens is 1. The molecule has 0 bridgehead atoms. The summed E-state index contributed by atoms with van der Waals surface area (Å²) in [5.41, 5.74) is 4.63. The molecule has 0 saturated carbocycles. The number of phenols is 1. The molecule has 0 saturated heterocycles. The number of rotatable bonds is 3. The Kier molecular flexibility index (Phi) is 3.87. The molecule has 4 rings (SSSR count). The summed E-state index contributed by atoms with van der Waals surface area (Å²) in [4.78, 5) is 3.53. The molecule has 0 amide bonds. The van der Waals surface area contributed by atoms with Crippen molar-refractivity contribution in [1.82, 2.24) is 10.3 Å². The van der Waals surface area contributed by atoms with Gasteiger partial charge in [0, 0.05) is 28.2 Å². The zero-order chi connectivity index (χ0) is 16.7. The minimum absolute atomic E-state index is 0.0414. The number of phenolic OH excluding ortho intramolecular Hbond substituents is 1. The summed E-state index contributed by atoms with van der Waals surface area (Å²) in [6.07, 6.45) is 0.961. The zero-order valence-electron chi connectivity index (χ0n) is 13.4. The first-order valence-corrected chi connectivity index (χ1v) is 8.54. The third kappa shape index (κ3) is 2.52. The Hall–Kier alpha value is -2.17. The smallest absolute Gasteiger partial charge is 0.161 e. The van der Waals surface area contributed by atoms with Gasteiger partial charge in [0.1, 0.15) is 0 Å². The van der Waals surface area contributed by atoms with Crippen molar-refractivity contribution in [2.45, 2.75) is 19.4 Å². The quantitative estimate of drug-likeness (QED) is 0.670. The molecule has 2 heterocycles. The molecular weight excluding hydrogens is 324 g/mol. The fraction of sp³-hybridized carbons (Fsp3) is 0.263. The zero-order valence-corrected chi connectivity index (χ0v) is 14.2. The number of halogens is 1. The van der Waals surface area contributed by atoms with E-state index >= 15 is 0 Å². The summed E-state index contributed by atoms with van der Waals surface area (Å²) in [5, 5.41) is 15.4. The number of hydrogen-bond donors (Lipinski definition) is 3. The van der Waals surface area contributed by atoms with Gasteiger partial charge < -0.3 is 20.1 Å². The molecule has 1 aliphatic rings. The van der Waals surface area contributed by atoms with Crippen LogP contribution in [0.3, 0.4) is 0 Å². The highest BCUT2D eigenvalue weighted by atomic mass is 35.5. The van der Waals surface area contributed by atoms with E-state index in [0.29, 0.717) is 12.4 Å². The number of aromatic hydroxyl groups is 1. The summed E-state index contributed by atoms with van der Waals surface area (Å²) >= 11 is 6.17. The maximum Gasteiger partial charge on any atom is 0.161 e. The molecule has 3 N–H and O–H groups in total. The number of nitrogens with one attached hydrogen (secondary N) is 2. The summed E-state index contributed by atoms with van der Waals surface area (Å²) in [5.74, 6) is 0.683. The number of fused-ring (bicyclic) bond motifs is 3. The molecular formula is C19H19ClN2O2. The number of hydrogen-bond acceptors (Lipinski definition) is 3. The maximum absolute atomic E-state index is 9.94. The largest absolute Gasteiger partial charge is 0.504 e. The van der Waals surface area contributed by atoms with E-state index in [-0.39, 0.29) is 11.8 Å². The van der Waals surface area contributed by atoms with Crippen LogP contribution in [-0.4, -0.2) is 23.2 Å². The Morgan fingerprint density at radius 3 is 2.96 bits per heavy atom. The van der Waals surface area contributed by atoms with Crippen molar-refractivity contribution in [2.75, 3.05) is 13.2 Å². The van der Waals surface area contributed by atoms with Gasteiger partial charge in [-0.05, 0) is 54.8 Å². The fourth-order valence-electron chi connectivity index (χ4n) is 3.47. The van der Waals surface area contributed by atoms with Crippen molar-refractivity contribution in [3.05, 3.63) is 58.2 Å². The average Bonchev–Trinajstić information content (AvgIpc) is 2.95. The van der Waals surface area contributed by atoms with Gasteiger partial charge >= 0.3 is 0 Å². The van der Waals surface area contributed by atoms with E-state index < -0.39 is 0 Å². The maximum atomic E-state index is 9.94. The SMILES string of the molecule is CCOc1cc([C@@H]2NCCc3c2[nH]c2ccc(Cl)cc32)ccc1O. The minimum atomic E-state index is 0.0414. The predicted octanol–water partition coefficient (Wildman–Crippen LogP) is 4.16. The molecule has 0 fully saturated rings. The molecule has 0 radical (unpaired) electrons. The second kappa shape index (κ2) is 6.04. The lowest BCUT2D eigenvalue weighted by Crippen LogP contribution is -2.30. The van der Waals surface area contributed by atoms with E-state index in [1.54, 1.807) is 6.07 Å². The van der Waals surface area contributed by atoms with Gasteiger partial charge in [-0.2, -0.15) is 0 Å². The highest BCUT2D eigenvalue weighted by molar-refractivity contribution is 6.31. The van der Waals surface area contributed by atoms with Crippen LogP contribution in [0.25, 0.3) is 10.9 Å². The standard InChI is InChI=1S/C19H19ClN2O2/c1-2-24-17-9-11(3-6-16(17)23)18-19-13(7-8-21-18)14-10-12(20)4-5-15(14)22-19/h3-6,9-10,18,21-23H,2,7-8H2,1H3/t18-/m0/s1. The summed E-state index contributed by atoms with van der Waals surface area (Å²) in [6, 6.07) is 11.5. The third-order valence-corrected chi connectivity index (χ3v) is 4.77. The van der Waals surface area contributed by atoms with Crippen LogP contribution in [0.4, 0.5) is 0 Å². The molecule has 0 spiro atoms. The number of ether oxygens (including phenoxy) is 1. The average molecular weight is 343 g/mol. The fourth-order valence-corrected chi connectivity index (χ4v) is 3.64. The van der Waals surface area contributed by atoms with E-state index in [9.17, 15) is 5.11 Å². The first-order valence-electron chi connectivity index (χ1n) is 8.16. The van der Waals surface area contributed by atoms with Crippen LogP contribution in [0.2, 0.25) is 5.02 Å². The van der Waals surface area contributed by atoms with Gasteiger partial charge in [0.15, 0.2) is 11.5 Å². The first-order chi connectivity index (χ1) is 11.7. The van der Waals surface area contributed by atoms with Gasteiger partial charge in [0.25, 0.3) is 0 Å². The molecule has 24 heavy (non-hydrogen) atoms. The van der Waals surface area contributed by atoms with Crippen molar-refractivity contribution in [3.8, 4) is 11.5 Å². The summed E-state index contributed by atoms with van der Waals surface area (Å²) in [7, 11) is 0. The second-order valence-corrected chi connectivity index (χ2v) is 6.44. The van der Waals surface area contributed by atoms with Crippen LogP contribution in [-0.2, 0) is 6.42 Å². The van der Waals surface area contributed by atoms with Crippen LogP contribution < -0.4 is 10.1 Å². The van der Waals surface area contributed by atoms with Crippen molar-refractivity contribution in [2.24, 2.45) is 0 Å². The normalized spacial score (nSPS) is 17.0. The molecule has 2 aromatic carbocycles. The summed E-state index contributed by atoms with van der Waals surface area (Å²) in [6.45, 7) is 3.32. The van der Waals surface area contributed by atoms with Crippen molar-refractivity contribution < 1.29 is 9.84 Å². The van der Waals surface area contributed by atoms with E-state index in [0.717, 1.165) is 34.8 Å². The Bertz CT molecular complexity index is 904. The predicted molar refractivity (Wildman–Crippen MR) is 96.1 cm³/mol. The van der Waals surface area contributed by atoms with Crippen LogP contribution in [0, 0.1) is 0 Å². The second-order valence-electron chi connectivity index (χ2n) is 6.00. The lowest BCUT2D eigenvalue weighted by atomic mass is 9.94. The molecule has 0 aliphatic carbocycles. The molecule has 4 nitrogen and oxygen atoms in total. The lowest BCUT2D eigenvalue weighted by Gasteiger charge is -2.25. The van der Waals surface area contributed by atoms with Crippen LogP contribution in [0.1, 0.15) is 29.8 Å². The van der Waals surface area contributed by atoms with Crippen molar-refractivity contribution in [3.63, 3.8) is 0 Å². The van der Waals surface area contributed by atoms with E-state index in [4.69, 9.17) is 16.3 Å². The molecule has 3 aromatic rings. The van der Waals surface area contributed by atoms with E-state index in [2.05, 4.69) is 10.3 Å². The van der Waals surface area contributed by atoms with Gasteiger partial charge in [-0.15, -0.1) is 0 Å². The molecule has 5 heteroatoms. The number of benzene rings is 2. The van der Waals surface area contributed by atoms with Crippen molar-refractivity contribution >= 4 is 22.5 Å².